The maximum atomic E-state index is 11.6. The van der Waals surface area contributed by atoms with Crippen molar-refractivity contribution in [2.24, 2.45) is 0 Å². The lowest BCUT2D eigenvalue weighted by molar-refractivity contribution is 0.0688. The van der Waals surface area contributed by atoms with Crippen LogP contribution in [0.4, 0.5) is 0 Å². The first kappa shape index (κ1) is 17.0. The molecule has 0 fully saturated rings. The van der Waals surface area contributed by atoms with Crippen molar-refractivity contribution in [1.29, 1.82) is 0 Å². The molecule has 0 aromatic carbocycles. The number of rotatable bonds is 3. The second-order valence-corrected chi connectivity index (χ2v) is 12.2. The first-order valence-corrected chi connectivity index (χ1v) is 10.6. The molecule has 0 amide bonds. The van der Waals surface area contributed by atoms with Gasteiger partial charge in [-0.15, -0.1) is 10.2 Å². The summed E-state index contributed by atoms with van der Waals surface area (Å²) in [6.07, 6.45) is 1.31. The van der Waals surface area contributed by atoms with E-state index in [4.69, 9.17) is 4.43 Å². The van der Waals surface area contributed by atoms with Crippen LogP contribution in [0.3, 0.4) is 0 Å². The Morgan fingerprint density at radius 3 is 2.50 bits per heavy atom. The lowest BCUT2D eigenvalue weighted by Gasteiger charge is -2.36. The number of pyridine rings is 1. The molecule has 1 N–H and O–H groups in total. The Labute approximate surface area is 142 Å². The molecule has 118 valence electrons. The maximum Gasteiger partial charge on any atom is 0.358 e. The van der Waals surface area contributed by atoms with Crippen molar-refractivity contribution in [2.45, 2.75) is 38.9 Å². The van der Waals surface area contributed by atoms with Gasteiger partial charge in [-0.1, -0.05) is 20.8 Å². The number of hydrogen-bond acceptors (Lipinski definition) is 6. The summed E-state index contributed by atoms with van der Waals surface area (Å²) in [5, 5.41) is 17.1. The fourth-order valence-corrected chi connectivity index (χ4v) is 3.19. The highest BCUT2D eigenvalue weighted by molar-refractivity contribution is 14.1. The monoisotopic (exact) mass is 432 g/mol. The van der Waals surface area contributed by atoms with Crippen molar-refractivity contribution >= 4 is 47.9 Å². The number of nitrogens with zero attached hydrogens (tertiary/aromatic N) is 4. The van der Waals surface area contributed by atoms with Crippen molar-refractivity contribution in [1.82, 2.24) is 20.2 Å². The molecule has 0 unspecified atom stereocenters. The summed E-state index contributed by atoms with van der Waals surface area (Å²) < 4.78 is 6.64. The van der Waals surface area contributed by atoms with Crippen LogP contribution in [0.15, 0.2) is 6.33 Å². The van der Waals surface area contributed by atoms with E-state index >= 15 is 0 Å². The molecule has 0 radical (unpaired) electrons. The molecule has 0 spiro atoms. The molecule has 0 aliphatic heterocycles. The fourth-order valence-electron chi connectivity index (χ4n) is 1.54. The zero-order chi connectivity index (χ0) is 16.7. The number of carboxylic acids is 1. The third-order valence-corrected chi connectivity index (χ3v) is 8.90. The van der Waals surface area contributed by atoms with E-state index in [9.17, 15) is 9.90 Å². The fraction of sp³-hybridized carbons (Fsp3) is 0.462. The van der Waals surface area contributed by atoms with Crippen LogP contribution in [-0.2, 0) is 0 Å². The van der Waals surface area contributed by atoms with Gasteiger partial charge in [-0.2, -0.15) is 0 Å². The number of hydrogen-bond donors (Lipinski definition) is 1. The highest BCUT2D eigenvalue weighted by Gasteiger charge is 2.40. The SMILES string of the molecule is CC(C)(C)[Si](C)(C)Oc1c(C(=O)O)nc(I)c2ncnnc12. The topological polar surface area (TPSA) is 98.1 Å². The predicted octanol–water partition coefficient (Wildman–Crippen LogP) is 3.11. The summed E-state index contributed by atoms with van der Waals surface area (Å²) in [5.41, 5.74) is 0.683. The van der Waals surface area contributed by atoms with E-state index in [2.05, 4.69) is 40.9 Å². The largest absolute Gasteiger partial charge is 0.540 e. The number of aromatic carboxylic acids is 1. The second kappa shape index (κ2) is 5.69. The molecule has 2 aromatic rings. The third kappa shape index (κ3) is 3.04. The summed E-state index contributed by atoms with van der Waals surface area (Å²) in [6.45, 7) is 10.3. The van der Waals surface area contributed by atoms with Crippen LogP contribution < -0.4 is 4.43 Å². The lowest BCUT2D eigenvalue weighted by Crippen LogP contribution is -2.44. The van der Waals surface area contributed by atoms with Crippen LogP contribution in [0.2, 0.25) is 18.1 Å². The van der Waals surface area contributed by atoms with Crippen molar-refractivity contribution in [3.63, 3.8) is 0 Å². The molecule has 0 saturated heterocycles. The summed E-state index contributed by atoms with van der Waals surface area (Å²) in [5.74, 6) is -0.991. The minimum Gasteiger partial charge on any atom is -0.540 e. The minimum absolute atomic E-state index is 0.0896. The molecule has 9 heteroatoms. The number of fused-ring (bicyclic) bond motifs is 1. The third-order valence-electron chi connectivity index (χ3n) is 3.82. The Balaban J connectivity index is 2.73. The number of halogens is 1. The Bertz CT molecular complexity index is 746. The van der Waals surface area contributed by atoms with Gasteiger partial charge >= 0.3 is 5.97 Å². The minimum atomic E-state index is -2.26. The smallest absolute Gasteiger partial charge is 0.358 e. The van der Waals surface area contributed by atoms with Crippen LogP contribution in [0.5, 0.6) is 5.75 Å². The second-order valence-electron chi connectivity index (χ2n) is 6.41. The van der Waals surface area contributed by atoms with Gasteiger partial charge in [0.15, 0.2) is 17.0 Å². The molecular weight excluding hydrogens is 415 g/mol. The van der Waals surface area contributed by atoms with E-state index in [0.29, 0.717) is 14.7 Å². The maximum absolute atomic E-state index is 11.6. The van der Waals surface area contributed by atoms with Crippen LogP contribution in [0.1, 0.15) is 31.3 Å². The van der Waals surface area contributed by atoms with Gasteiger partial charge in [0, 0.05) is 0 Å². The molecular formula is C13H17IN4O3Si. The van der Waals surface area contributed by atoms with Crippen LogP contribution in [0.25, 0.3) is 11.0 Å². The zero-order valence-electron chi connectivity index (χ0n) is 13.0. The van der Waals surface area contributed by atoms with E-state index in [1.54, 1.807) is 0 Å². The molecule has 0 aliphatic carbocycles. The van der Waals surface area contributed by atoms with E-state index in [1.807, 2.05) is 35.7 Å². The van der Waals surface area contributed by atoms with Gasteiger partial charge in [0.05, 0.1) is 0 Å². The van der Waals surface area contributed by atoms with Gasteiger partial charge in [0.1, 0.15) is 15.5 Å². The van der Waals surface area contributed by atoms with Gasteiger partial charge in [-0.25, -0.2) is 14.8 Å². The van der Waals surface area contributed by atoms with Crippen molar-refractivity contribution < 1.29 is 14.3 Å². The zero-order valence-corrected chi connectivity index (χ0v) is 16.2. The lowest BCUT2D eigenvalue weighted by atomic mass is 10.2. The number of carbonyl (C=O) groups is 1. The highest BCUT2D eigenvalue weighted by Crippen LogP contribution is 2.39. The Hall–Kier alpha value is -1.36. The van der Waals surface area contributed by atoms with Crippen LogP contribution in [-0.4, -0.2) is 39.6 Å². The Morgan fingerprint density at radius 2 is 1.95 bits per heavy atom. The average molecular weight is 432 g/mol. The molecule has 2 heterocycles. The van der Waals surface area contributed by atoms with Gasteiger partial charge in [-0.3, -0.25) is 0 Å². The van der Waals surface area contributed by atoms with E-state index < -0.39 is 14.3 Å². The summed E-state index contributed by atoms with van der Waals surface area (Å²) in [6, 6.07) is 0. The molecule has 0 saturated carbocycles. The first-order chi connectivity index (χ1) is 10.0. The van der Waals surface area contributed by atoms with Gasteiger partial charge in [-0.05, 0) is 40.7 Å². The Morgan fingerprint density at radius 1 is 1.32 bits per heavy atom. The highest BCUT2D eigenvalue weighted by atomic mass is 127. The number of aromatic nitrogens is 4. The molecule has 0 bridgehead atoms. The van der Waals surface area contributed by atoms with Gasteiger partial charge < -0.3 is 9.53 Å². The molecule has 7 nitrogen and oxygen atoms in total. The van der Waals surface area contributed by atoms with Gasteiger partial charge in [0.25, 0.3) is 8.32 Å². The molecule has 0 aliphatic rings. The van der Waals surface area contributed by atoms with Crippen LogP contribution in [0, 0.1) is 3.70 Å². The summed E-state index contributed by atoms with van der Waals surface area (Å²) >= 11 is 1.94. The molecule has 0 atom stereocenters. The van der Waals surface area contributed by atoms with E-state index in [0.717, 1.165) is 0 Å². The molecule has 2 aromatic heterocycles. The molecule has 22 heavy (non-hydrogen) atoms. The molecule has 2 rings (SSSR count). The van der Waals surface area contributed by atoms with Crippen molar-refractivity contribution in [2.75, 3.05) is 0 Å². The predicted molar refractivity (Wildman–Crippen MR) is 92.6 cm³/mol. The average Bonchev–Trinajstić information content (AvgIpc) is 2.40. The van der Waals surface area contributed by atoms with E-state index in [-0.39, 0.29) is 16.5 Å². The Kier molecular flexibility index (Phi) is 4.39. The normalized spacial score (nSPS) is 12.5. The first-order valence-electron chi connectivity index (χ1n) is 6.64. The van der Waals surface area contributed by atoms with Gasteiger partial charge in [0.2, 0.25) is 0 Å². The van der Waals surface area contributed by atoms with Crippen LogP contribution >= 0.6 is 22.6 Å². The van der Waals surface area contributed by atoms with E-state index in [1.165, 1.54) is 6.33 Å². The standard InChI is InChI=1S/C13H17IN4O3Si/c1-13(2,3)22(4,5)21-10-7-8(15-6-16-18-7)11(14)17-9(10)12(19)20/h6H,1-5H3,(H,19,20). The van der Waals surface area contributed by atoms with Crippen molar-refractivity contribution in [3.05, 3.63) is 15.7 Å². The van der Waals surface area contributed by atoms with Crippen molar-refractivity contribution in [3.8, 4) is 5.75 Å². The summed E-state index contributed by atoms with van der Waals surface area (Å²) in [7, 11) is -2.26. The number of carboxylic acid groups (broad SMARTS) is 1. The quantitative estimate of drug-likeness (QED) is 0.452. The summed E-state index contributed by atoms with van der Waals surface area (Å²) in [4.78, 5) is 19.8.